The van der Waals surface area contributed by atoms with Crippen molar-refractivity contribution >= 4 is 53.7 Å². The van der Waals surface area contributed by atoms with Crippen LogP contribution < -0.4 is 0 Å². The maximum absolute atomic E-state index is 11.1. The molecule has 2 heterocycles. The minimum atomic E-state index is -1.48. The average Bonchev–Trinajstić information content (AvgIpc) is 2.48. The van der Waals surface area contributed by atoms with E-state index in [1.54, 1.807) is 17.6 Å². The molecular formula is C7H3Cl2NOS2. The standard InChI is InChI=1S/C7H3Cl2NOS2/c8-7-6-4(1-2-10-7)5(3-12-6)13(9)11/h1-3H. The van der Waals surface area contributed by atoms with E-state index >= 15 is 0 Å². The molecule has 0 fully saturated rings. The molecule has 0 radical (unpaired) electrons. The summed E-state index contributed by atoms with van der Waals surface area (Å²) in [6.45, 7) is 0. The summed E-state index contributed by atoms with van der Waals surface area (Å²) in [5, 5.41) is 2.98. The fraction of sp³-hybridized carbons (Fsp3) is 0. The molecule has 0 saturated carbocycles. The lowest BCUT2D eigenvalue weighted by Crippen LogP contribution is -1.79. The van der Waals surface area contributed by atoms with E-state index in [1.165, 1.54) is 11.3 Å². The van der Waals surface area contributed by atoms with E-state index in [9.17, 15) is 4.21 Å². The van der Waals surface area contributed by atoms with Crippen LogP contribution in [0.2, 0.25) is 5.15 Å². The van der Waals surface area contributed by atoms with Gasteiger partial charge in [0, 0.05) is 17.0 Å². The number of halogens is 2. The molecule has 0 amide bonds. The van der Waals surface area contributed by atoms with Crippen LogP contribution in [0, 0.1) is 0 Å². The van der Waals surface area contributed by atoms with E-state index in [2.05, 4.69) is 4.98 Å². The zero-order chi connectivity index (χ0) is 9.42. The molecule has 2 rings (SSSR count). The molecule has 68 valence electrons. The molecule has 0 saturated heterocycles. The number of aromatic nitrogens is 1. The molecule has 0 aromatic carbocycles. The Balaban J connectivity index is 2.83. The lowest BCUT2D eigenvalue weighted by atomic mass is 10.3. The lowest BCUT2D eigenvalue weighted by Gasteiger charge is -1.92. The fourth-order valence-electron chi connectivity index (χ4n) is 1.03. The van der Waals surface area contributed by atoms with Crippen LogP contribution in [0.1, 0.15) is 0 Å². The zero-order valence-corrected chi connectivity index (χ0v) is 9.30. The molecule has 6 heteroatoms. The van der Waals surface area contributed by atoms with Crippen LogP contribution in [0.4, 0.5) is 0 Å². The van der Waals surface area contributed by atoms with Gasteiger partial charge in [0.15, 0.2) is 0 Å². The largest absolute Gasteiger partial charge is 0.243 e. The molecule has 2 nitrogen and oxygen atoms in total. The Hall–Kier alpha value is -0.160. The summed E-state index contributed by atoms with van der Waals surface area (Å²) < 4.78 is 11.9. The smallest absolute Gasteiger partial charge is 0.149 e. The third-order valence-corrected chi connectivity index (χ3v) is 4.32. The Morgan fingerprint density at radius 1 is 1.54 bits per heavy atom. The molecule has 0 spiro atoms. The molecular weight excluding hydrogens is 249 g/mol. The number of fused-ring (bicyclic) bond motifs is 1. The quantitative estimate of drug-likeness (QED) is 0.576. The van der Waals surface area contributed by atoms with Gasteiger partial charge in [0.25, 0.3) is 0 Å². The summed E-state index contributed by atoms with van der Waals surface area (Å²) in [7, 11) is 4.01. The van der Waals surface area contributed by atoms with Crippen LogP contribution in [0.25, 0.3) is 10.1 Å². The molecule has 0 aliphatic heterocycles. The van der Waals surface area contributed by atoms with E-state index in [0.29, 0.717) is 10.0 Å². The summed E-state index contributed by atoms with van der Waals surface area (Å²) in [6, 6.07) is 1.76. The van der Waals surface area contributed by atoms with Gasteiger partial charge in [-0.15, -0.1) is 11.3 Å². The van der Waals surface area contributed by atoms with Gasteiger partial charge in [0.1, 0.15) is 15.2 Å². The highest BCUT2D eigenvalue weighted by molar-refractivity contribution is 8.08. The third kappa shape index (κ3) is 1.59. The highest BCUT2D eigenvalue weighted by Crippen LogP contribution is 2.32. The fourth-order valence-corrected chi connectivity index (χ4v) is 3.56. The number of rotatable bonds is 1. The molecule has 1 unspecified atom stereocenters. The molecule has 2 aromatic rings. The Morgan fingerprint density at radius 2 is 2.31 bits per heavy atom. The van der Waals surface area contributed by atoms with Gasteiger partial charge in [-0.2, -0.15) is 0 Å². The van der Waals surface area contributed by atoms with Crippen molar-refractivity contribution in [3.8, 4) is 0 Å². The normalized spacial score (nSPS) is 13.4. The number of nitrogens with zero attached hydrogens (tertiary/aromatic N) is 1. The number of thiophene rings is 1. The second-order valence-electron chi connectivity index (χ2n) is 2.30. The van der Waals surface area contributed by atoms with Crippen LogP contribution in [0.3, 0.4) is 0 Å². The van der Waals surface area contributed by atoms with Crippen LogP contribution >= 0.6 is 33.6 Å². The van der Waals surface area contributed by atoms with E-state index < -0.39 is 10.0 Å². The third-order valence-electron chi connectivity index (χ3n) is 1.58. The second kappa shape index (κ2) is 3.53. The van der Waals surface area contributed by atoms with Crippen LogP contribution in [-0.4, -0.2) is 9.19 Å². The number of pyridine rings is 1. The summed E-state index contributed by atoms with van der Waals surface area (Å²) in [5.41, 5.74) is 0. The van der Waals surface area contributed by atoms with Crippen molar-refractivity contribution in [1.29, 1.82) is 0 Å². The SMILES string of the molecule is O=S(Cl)c1csc2c(Cl)nccc12. The summed E-state index contributed by atoms with van der Waals surface area (Å²) in [5.74, 6) is 0. The highest BCUT2D eigenvalue weighted by Gasteiger charge is 2.10. The van der Waals surface area contributed by atoms with E-state index in [4.69, 9.17) is 22.3 Å². The predicted molar refractivity (Wildman–Crippen MR) is 56.9 cm³/mol. The molecule has 0 bridgehead atoms. The van der Waals surface area contributed by atoms with Crippen LogP contribution in [0.5, 0.6) is 0 Å². The number of hydrogen-bond acceptors (Lipinski definition) is 3. The average molecular weight is 252 g/mol. The van der Waals surface area contributed by atoms with Crippen molar-refractivity contribution in [2.45, 2.75) is 4.90 Å². The van der Waals surface area contributed by atoms with Crippen molar-refractivity contribution in [3.63, 3.8) is 0 Å². The molecule has 13 heavy (non-hydrogen) atoms. The molecule has 2 aromatic heterocycles. The van der Waals surface area contributed by atoms with Gasteiger partial charge in [-0.1, -0.05) is 11.6 Å². The van der Waals surface area contributed by atoms with Crippen molar-refractivity contribution in [2.75, 3.05) is 0 Å². The van der Waals surface area contributed by atoms with Gasteiger partial charge < -0.3 is 0 Å². The van der Waals surface area contributed by atoms with Gasteiger partial charge in [-0.05, 0) is 16.7 Å². The van der Waals surface area contributed by atoms with Gasteiger partial charge in [0.05, 0.1) is 9.60 Å². The van der Waals surface area contributed by atoms with E-state index in [-0.39, 0.29) is 0 Å². The highest BCUT2D eigenvalue weighted by atomic mass is 35.7. The molecule has 0 N–H and O–H groups in total. The Morgan fingerprint density at radius 3 is 3.00 bits per heavy atom. The summed E-state index contributed by atoms with van der Waals surface area (Å²) in [4.78, 5) is 4.52. The van der Waals surface area contributed by atoms with Crippen molar-refractivity contribution in [1.82, 2.24) is 4.98 Å². The molecule has 0 aliphatic carbocycles. The number of hydrogen-bond donors (Lipinski definition) is 0. The Labute approximate surface area is 90.5 Å². The minimum Gasteiger partial charge on any atom is -0.243 e. The van der Waals surface area contributed by atoms with Gasteiger partial charge in [-0.25, -0.2) is 9.19 Å². The topological polar surface area (TPSA) is 30.0 Å². The lowest BCUT2D eigenvalue weighted by molar-refractivity contribution is 0.692. The van der Waals surface area contributed by atoms with Crippen LogP contribution in [0.15, 0.2) is 22.5 Å². The van der Waals surface area contributed by atoms with Crippen molar-refractivity contribution < 1.29 is 4.21 Å². The summed E-state index contributed by atoms with van der Waals surface area (Å²) in [6.07, 6.45) is 1.57. The first kappa shape index (κ1) is 9.40. The zero-order valence-electron chi connectivity index (χ0n) is 6.16. The minimum absolute atomic E-state index is 0.427. The first-order valence-electron chi connectivity index (χ1n) is 3.30. The molecule has 0 aliphatic rings. The Bertz CT molecular complexity index is 482. The Kier molecular flexibility index (Phi) is 2.55. The maximum Gasteiger partial charge on any atom is 0.149 e. The second-order valence-corrected chi connectivity index (χ2v) is 5.27. The van der Waals surface area contributed by atoms with Crippen molar-refractivity contribution in [3.05, 3.63) is 22.8 Å². The molecule has 1 atom stereocenters. The van der Waals surface area contributed by atoms with Gasteiger partial charge in [0.2, 0.25) is 0 Å². The summed E-state index contributed by atoms with van der Waals surface area (Å²) >= 11 is 7.23. The van der Waals surface area contributed by atoms with Gasteiger partial charge in [-0.3, -0.25) is 0 Å². The van der Waals surface area contributed by atoms with Crippen LogP contribution in [-0.2, 0) is 10.0 Å². The van der Waals surface area contributed by atoms with Crippen molar-refractivity contribution in [2.24, 2.45) is 0 Å². The monoisotopic (exact) mass is 251 g/mol. The first-order chi connectivity index (χ1) is 6.20. The van der Waals surface area contributed by atoms with Gasteiger partial charge >= 0.3 is 0 Å². The predicted octanol–water partition coefficient (Wildman–Crippen LogP) is 3.21. The first-order valence-corrected chi connectivity index (χ1v) is 6.53. The van der Waals surface area contributed by atoms with E-state index in [0.717, 1.165) is 10.1 Å². The maximum atomic E-state index is 11.1. The van der Waals surface area contributed by atoms with E-state index in [1.807, 2.05) is 0 Å².